The number of hydrogen-bond acceptors (Lipinski definition) is 5. The van der Waals surface area contributed by atoms with Gasteiger partial charge in [0.1, 0.15) is 18.9 Å². The monoisotopic (exact) mass is 1010 g/mol. The predicted molar refractivity (Wildman–Crippen MR) is 267 cm³/mol. The highest BCUT2D eigenvalue weighted by Crippen LogP contribution is 2.32. The molecule has 0 bridgehead atoms. The van der Waals surface area contributed by atoms with Gasteiger partial charge >= 0.3 is 0 Å². The van der Waals surface area contributed by atoms with E-state index < -0.39 is 0 Å². The van der Waals surface area contributed by atoms with Crippen LogP contribution in [0.1, 0.15) is 70.0 Å². The Labute approximate surface area is 415 Å². The Bertz CT molecular complexity index is 2780. The molecule has 320 valence electrons. The van der Waals surface area contributed by atoms with Crippen molar-refractivity contribution >= 4 is 147 Å². The van der Waals surface area contributed by atoms with Crippen molar-refractivity contribution in [2.24, 2.45) is 0 Å². The first kappa shape index (κ1) is 51.5. The number of nitrogens with zero attached hydrogens (tertiary/aromatic N) is 4. The Kier molecular flexibility index (Phi) is 20.1. The van der Waals surface area contributed by atoms with Crippen molar-refractivity contribution in [3.05, 3.63) is 228 Å². The van der Waals surface area contributed by atoms with E-state index >= 15 is 0 Å². The molecule has 0 aliphatic rings. The lowest BCUT2D eigenvalue weighted by Crippen LogP contribution is -1.89. The highest BCUT2D eigenvalue weighted by molar-refractivity contribution is 6.43. The zero-order valence-electron chi connectivity index (χ0n) is 33.1. The SMILES string of the molecule is O=Cc1cc(C=O)cc(C=O)c1.[C-]#[N+]/C(=C\c1cc(/C=C(\C#N)c2ccc(Cl)c(Cl)c2)cc(/C=C(\C#N)c2ccc(Cl)c(Cl)c2)c1)c1ccc(Cl)c(Cl)c1.[C-]#[N+]Cc1ccc(Cl)c(Cl)c1. The van der Waals surface area contributed by atoms with Gasteiger partial charge in [0.25, 0.3) is 0 Å². The van der Waals surface area contributed by atoms with E-state index in [0.717, 1.165) is 5.56 Å². The molecule has 0 unspecified atom stereocenters. The molecule has 0 spiro atoms. The lowest BCUT2D eigenvalue weighted by atomic mass is 9.97. The van der Waals surface area contributed by atoms with Gasteiger partial charge in [0.2, 0.25) is 6.54 Å². The largest absolute Gasteiger partial charge is 0.312 e. The Morgan fingerprint density at radius 3 is 1.12 bits per heavy atom. The topological polar surface area (TPSA) is 108 Å². The molecule has 6 aromatic rings. The fourth-order valence-electron chi connectivity index (χ4n) is 5.60. The molecule has 6 rings (SSSR count). The van der Waals surface area contributed by atoms with Crippen molar-refractivity contribution < 1.29 is 14.4 Å². The number of allylic oxidation sites excluding steroid dienone is 2. The molecule has 0 N–H and O–H groups in total. The van der Waals surface area contributed by atoms with Gasteiger partial charge in [-0.05, 0) is 137 Å². The standard InChI is InChI=1S/C33H15Cl6N3.C9H6O3.C8H5Cl2N/c1-42-33(24-4-7-29(36)32(39)16-24)13-21-9-19(11-25(17-40)22-2-5-27(34)30(37)14-22)8-20(10-21)12-26(18-41)23-3-6-28(35)31(38)15-23;10-4-7-1-8(5-11)3-9(2-7)6-12;1-11-5-6-2-3-7(9)8(10)4-6/h2-16H;1-6H;2-4H,5H2/b25-11+,26-12+,33-13-;;. The molecule has 0 saturated heterocycles. The van der Waals surface area contributed by atoms with Gasteiger partial charge in [0, 0.05) is 22.3 Å². The van der Waals surface area contributed by atoms with E-state index in [1.54, 1.807) is 91.0 Å². The Morgan fingerprint density at radius 2 is 0.785 bits per heavy atom. The van der Waals surface area contributed by atoms with E-state index in [0.29, 0.717) is 132 Å². The average molecular weight is 1010 g/mol. The summed E-state index contributed by atoms with van der Waals surface area (Å²) in [5, 5.41) is 23.0. The van der Waals surface area contributed by atoms with Crippen LogP contribution in [0.2, 0.25) is 40.2 Å². The normalized spacial score (nSPS) is 10.9. The molecule has 0 atom stereocenters. The zero-order valence-corrected chi connectivity index (χ0v) is 39.1. The maximum absolute atomic E-state index is 10.3. The smallest absolute Gasteiger partial charge is 0.239 e. The second-order valence-corrected chi connectivity index (χ2v) is 16.4. The van der Waals surface area contributed by atoms with Gasteiger partial charge in [-0.1, -0.05) is 117 Å². The van der Waals surface area contributed by atoms with Crippen LogP contribution in [0.15, 0.2) is 109 Å². The second-order valence-electron chi connectivity index (χ2n) is 13.2. The summed E-state index contributed by atoms with van der Waals surface area (Å²) in [7, 11) is 0. The van der Waals surface area contributed by atoms with E-state index in [1.807, 2.05) is 18.2 Å². The number of nitriles is 2. The number of hydrogen-bond donors (Lipinski definition) is 0. The molecular weight excluding hydrogens is 988 g/mol. The maximum Gasteiger partial charge on any atom is 0.239 e. The Morgan fingerprint density at radius 1 is 0.446 bits per heavy atom. The fourth-order valence-corrected chi connectivity index (χ4v) is 6.82. The summed E-state index contributed by atoms with van der Waals surface area (Å²) < 4.78 is 0. The molecule has 0 aliphatic heterocycles. The molecule has 65 heavy (non-hydrogen) atoms. The minimum absolute atomic E-state index is 0.319. The number of rotatable bonds is 10. The zero-order chi connectivity index (χ0) is 47.6. The Balaban J connectivity index is 0.000000325. The quantitative estimate of drug-likeness (QED) is 0.0588. The summed E-state index contributed by atoms with van der Waals surface area (Å²) >= 11 is 48.2. The number of carbonyl (C=O) groups is 3. The van der Waals surface area contributed by atoms with Gasteiger partial charge in [0.05, 0.1) is 70.0 Å². The summed E-state index contributed by atoms with van der Waals surface area (Å²) in [4.78, 5) is 37.8. The lowest BCUT2D eigenvalue weighted by Gasteiger charge is -2.08. The van der Waals surface area contributed by atoms with Gasteiger partial charge in [-0.2, -0.15) is 10.5 Å². The third-order valence-corrected chi connectivity index (χ3v) is 11.6. The summed E-state index contributed by atoms with van der Waals surface area (Å²) in [6.07, 6.45) is 6.86. The summed E-state index contributed by atoms with van der Waals surface area (Å²) in [6.45, 7) is 14.8. The number of aldehydes is 3. The van der Waals surface area contributed by atoms with Crippen molar-refractivity contribution in [2.75, 3.05) is 0 Å². The van der Waals surface area contributed by atoms with Crippen LogP contribution in [0.4, 0.5) is 0 Å². The van der Waals surface area contributed by atoms with Crippen molar-refractivity contribution in [2.45, 2.75) is 6.54 Å². The number of carbonyl (C=O) groups excluding carboxylic acids is 3. The molecular formula is C50H26Cl8N4O3. The van der Waals surface area contributed by atoms with Crippen molar-refractivity contribution in [1.82, 2.24) is 0 Å². The van der Waals surface area contributed by atoms with E-state index in [4.69, 9.17) is 106 Å². The summed E-state index contributed by atoms with van der Waals surface area (Å²) in [5.74, 6) is 0. The fraction of sp³-hybridized carbons (Fsp3) is 0.0200. The minimum Gasteiger partial charge on any atom is -0.312 e. The number of benzene rings is 6. The highest BCUT2D eigenvalue weighted by atomic mass is 35.5. The van der Waals surface area contributed by atoms with Crippen LogP contribution >= 0.6 is 92.8 Å². The third kappa shape index (κ3) is 15.2. The van der Waals surface area contributed by atoms with E-state index in [1.165, 1.54) is 18.2 Å². The van der Waals surface area contributed by atoms with Crippen LogP contribution in [-0.4, -0.2) is 18.9 Å². The second kappa shape index (κ2) is 25.4. The molecule has 15 heteroatoms. The van der Waals surface area contributed by atoms with Crippen molar-refractivity contribution in [3.8, 4) is 12.1 Å². The van der Waals surface area contributed by atoms with E-state index in [9.17, 15) is 24.9 Å². The van der Waals surface area contributed by atoms with Gasteiger partial charge in [-0.3, -0.25) is 14.4 Å². The first-order valence-electron chi connectivity index (χ1n) is 18.3. The molecule has 0 radical (unpaired) electrons. The maximum atomic E-state index is 10.3. The summed E-state index contributed by atoms with van der Waals surface area (Å²) in [6, 6.07) is 34.2. The third-order valence-electron chi connectivity index (χ3n) is 8.62. The van der Waals surface area contributed by atoms with Crippen LogP contribution in [0.5, 0.6) is 0 Å². The van der Waals surface area contributed by atoms with Gasteiger partial charge in [-0.15, -0.1) is 0 Å². The van der Waals surface area contributed by atoms with Crippen LogP contribution in [0.25, 0.3) is 44.8 Å². The van der Waals surface area contributed by atoms with Crippen LogP contribution in [-0.2, 0) is 6.54 Å². The predicted octanol–water partition coefficient (Wildman–Crippen LogP) is 16.7. The van der Waals surface area contributed by atoms with Gasteiger partial charge in [-0.25, -0.2) is 11.4 Å². The first-order chi connectivity index (χ1) is 31.1. The molecule has 0 heterocycles. The van der Waals surface area contributed by atoms with Gasteiger partial charge in [0.15, 0.2) is 5.70 Å². The molecule has 0 amide bonds. The first-order valence-corrected chi connectivity index (χ1v) is 21.3. The molecule has 7 nitrogen and oxygen atoms in total. The van der Waals surface area contributed by atoms with Crippen LogP contribution in [0.3, 0.4) is 0 Å². The van der Waals surface area contributed by atoms with E-state index in [-0.39, 0.29) is 0 Å². The molecule has 0 saturated carbocycles. The Hall–Kier alpha value is -6.17. The summed E-state index contributed by atoms with van der Waals surface area (Å²) in [5.41, 5.74) is 6.56. The average Bonchev–Trinajstić information content (AvgIpc) is 3.30. The van der Waals surface area contributed by atoms with Crippen molar-refractivity contribution in [1.29, 1.82) is 10.5 Å². The van der Waals surface area contributed by atoms with Crippen molar-refractivity contribution in [3.63, 3.8) is 0 Å². The van der Waals surface area contributed by atoms with E-state index in [2.05, 4.69) is 21.8 Å². The number of halogens is 8. The van der Waals surface area contributed by atoms with Crippen LogP contribution < -0.4 is 0 Å². The molecule has 0 aromatic heterocycles. The van der Waals surface area contributed by atoms with Gasteiger partial charge < -0.3 is 4.85 Å². The minimum atomic E-state index is 0.319. The molecule has 0 aliphatic carbocycles. The lowest BCUT2D eigenvalue weighted by molar-refractivity contribution is 0.112. The highest BCUT2D eigenvalue weighted by Gasteiger charge is 2.11. The molecule has 6 aromatic carbocycles. The molecule has 0 fully saturated rings. The van der Waals surface area contributed by atoms with Crippen LogP contribution in [0, 0.1) is 35.8 Å².